The predicted molar refractivity (Wildman–Crippen MR) is 70.2 cm³/mol. The average Bonchev–Trinajstić information content (AvgIpc) is 2.73. The van der Waals surface area contributed by atoms with E-state index in [0.717, 1.165) is 17.1 Å². The summed E-state index contributed by atoms with van der Waals surface area (Å²) in [6.07, 6.45) is 2.84. The van der Waals surface area contributed by atoms with E-state index in [1.165, 1.54) is 5.56 Å². The van der Waals surface area contributed by atoms with Crippen molar-refractivity contribution >= 4 is 11.6 Å². The van der Waals surface area contributed by atoms with Crippen LogP contribution in [-0.2, 0) is 13.5 Å². The van der Waals surface area contributed by atoms with Crippen LogP contribution < -0.4 is 5.32 Å². The Bertz CT molecular complexity index is 493. The molecule has 1 aromatic carbocycles. The number of aryl methyl sites for hydroxylation is 1. The summed E-state index contributed by atoms with van der Waals surface area (Å²) in [6, 6.07) is 10.2. The number of hydrogen-bond acceptors (Lipinski definition) is 2. The van der Waals surface area contributed by atoms with Gasteiger partial charge in [0, 0.05) is 18.3 Å². The second kappa shape index (κ2) is 5.34. The molecule has 0 spiro atoms. The summed E-state index contributed by atoms with van der Waals surface area (Å²) < 4.78 is 1.82. The summed E-state index contributed by atoms with van der Waals surface area (Å²) in [5.41, 5.74) is 2.26. The van der Waals surface area contributed by atoms with Crippen molar-refractivity contribution < 1.29 is 0 Å². The number of nitrogens with one attached hydrogen (secondary N) is 1. The second-order valence-corrected chi connectivity index (χ2v) is 4.53. The molecule has 0 saturated carbocycles. The first-order valence-corrected chi connectivity index (χ1v) is 5.98. The van der Waals surface area contributed by atoms with Gasteiger partial charge in [0.2, 0.25) is 0 Å². The van der Waals surface area contributed by atoms with Crippen LogP contribution >= 0.6 is 11.6 Å². The molecule has 1 aromatic heterocycles. The molecule has 1 atom stereocenters. The minimum absolute atomic E-state index is 0.217. The van der Waals surface area contributed by atoms with Crippen molar-refractivity contribution in [2.24, 2.45) is 7.05 Å². The number of rotatable bonds is 4. The summed E-state index contributed by atoms with van der Waals surface area (Å²) in [7, 11) is 3.87. The first kappa shape index (κ1) is 12.1. The molecule has 4 heteroatoms. The van der Waals surface area contributed by atoms with Gasteiger partial charge < -0.3 is 5.32 Å². The molecule has 1 heterocycles. The fourth-order valence-electron chi connectivity index (χ4n) is 1.87. The Morgan fingerprint density at radius 2 is 2.24 bits per heavy atom. The van der Waals surface area contributed by atoms with Crippen molar-refractivity contribution in [1.82, 2.24) is 15.1 Å². The van der Waals surface area contributed by atoms with E-state index >= 15 is 0 Å². The van der Waals surface area contributed by atoms with Crippen LogP contribution in [0.4, 0.5) is 0 Å². The van der Waals surface area contributed by atoms with Crippen LogP contribution in [-0.4, -0.2) is 16.8 Å². The third kappa shape index (κ3) is 3.08. The van der Waals surface area contributed by atoms with Crippen LogP contribution in [0.3, 0.4) is 0 Å². The third-order valence-corrected chi connectivity index (χ3v) is 3.00. The Balaban J connectivity index is 2.15. The normalized spacial score (nSPS) is 12.6. The van der Waals surface area contributed by atoms with E-state index in [0.29, 0.717) is 0 Å². The molecule has 0 amide bonds. The highest BCUT2D eigenvalue weighted by atomic mass is 35.5. The zero-order chi connectivity index (χ0) is 12.3. The quantitative estimate of drug-likeness (QED) is 0.903. The van der Waals surface area contributed by atoms with Crippen LogP contribution in [0.2, 0.25) is 5.02 Å². The molecule has 1 unspecified atom stereocenters. The first-order valence-electron chi connectivity index (χ1n) is 5.60. The highest BCUT2D eigenvalue weighted by Crippen LogP contribution is 2.18. The topological polar surface area (TPSA) is 29.9 Å². The molecule has 0 bridgehead atoms. The fourth-order valence-corrected chi connectivity index (χ4v) is 2.09. The van der Waals surface area contributed by atoms with Gasteiger partial charge in [-0.05, 0) is 37.2 Å². The minimum atomic E-state index is 0.217. The number of benzene rings is 1. The standard InChI is InChI=1S/C13H16ClN3/c1-15-13(12-6-7-17(2)16-12)9-10-4-3-5-11(14)8-10/h3-8,13,15H,9H2,1-2H3. The zero-order valence-corrected chi connectivity index (χ0v) is 10.8. The lowest BCUT2D eigenvalue weighted by Crippen LogP contribution is -2.19. The molecule has 90 valence electrons. The monoisotopic (exact) mass is 249 g/mol. The Morgan fingerprint density at radius 3 is 2.82 bits per heavy atom. The molecule has 2 aromatic rings. The van der Waals surface area contributed by atoms with E-state index < -0.39 is 0 Å². The van der Waals surface area contributed by atoms with Gasteiger partial charge in [0.25, 0.3) is 0 Å². The maximum atomic E-state index is 5.98. The first-order chi connectivity index (χ1) is 8.19. The lowest BCUT2D eigenvalue weighted by atomic mass is 10.0. The average molecular weight is 250 g/mol. The van der Waals surface area contributed by atoms with Gasteiger partial charge in [-0.25, -0.2) is 0 Å². The van der Waals surface area contributed by atoms with E-state index in [-0.39, 0.29) is 6.04 Å². The number of hydrogen-bond donors (Lipinski definition) is 1. The summed E-state index contributed by atoms with van der Waals surface area (Å²) in [4.78, 5) is 0. The van der Waals surface area contributed by atoms with Crippen LogP contribution in [0.1, 0.15) is 17.3 Å². The van der Waals surface area contributed by atoms with Gasteiger partial charge in [0.1, 0.15) is 0 Å². The highest BCUT2D eigenvalue weighted by Gasteiger charge is 2.12. The van der Waals surface area contributed by atoms with Crippen molar-refractivity contribution in [3.63, 3.8) is 0 Å². The Morgan fingerprint density at radius 1 is 1.41 bits per heavy atom. The summed E-state index contributed by atoms with van der Waals surface area (Å²) in [5.74, 6) is 0. The Hall–Kier alpha value is -1.32. The van der Waals surface area contributed by atoms with E-state index in [1.807, 2.05) is 49.2 Å². The number of halogens is 1. The van der Waals surface area contributed by atoms with Crippen LogP contribution in [0.25, 0.3) is 0 Å². The van der Waals surface area contributed by atoms with Gasteiger partial charge >= 0.3 is 0 Å². The highest BCUT2D eigenvalue weighted by molar-refractivity contribution is 6.30. The molecule has 0 aliphatic carbocycles. The second-order valence-electron chi connectivity index (χ2n) is 4.09. The molecule has 17 heavy (non-hydrogen) atoms. The largest absolute Gasteiger partial charge is 0.311 e. The minimum Gasteiger partial charge on any atom is -0.311 e. The molecule has 0 saturated heterocycles. The molecule has 0 radical (unpaired) electrons. The molecule has 2 rings (SSSR count). The number of aromatic nitrogens is 2. The third-order valence-electron chi connectivity index (χ3n) is 2.77. The van der Waals surface area contributed by atoms with Crippen LogP contribution in [0.5, 0.6) is 0 Å². The molecule has 0 fully saturated rings. The van der Waals surface area contributed by atoms with Gasteiger partial charge in [-0.1, -0.05) is 23.7 Å². The molecule has 0 aliphatic heterocycles. The van der Waals surface area contributed by atoms with E-state index in [2.05, 4.69) is 16.5 Å². The lowest BCUT2D eigenvalue weighted by Gasteiger charge is -2.13. The van der Waals surface area contributed by atoms with Crippen molar-refractivity contribution in [2.45, 2.75) is 12.5 Å². The van der Waals surface area contributed by atoms with Gasteiger partial charge in [0.05, 0.1) is 11.7 Å². The van der Waals surface area contributed by atoms with Gasteiger partial charge in [-0.15, -0.1) is 0 Å². The van der Waals surface area contributed by atoms with Gasteiger partial charge in [0.15, 0.2) is 0 Å². The molecule has 3 nitrogen and oxygen atoms in total. The maximum Gasteiger partial charge on any atom is 0.0797 e. The van der Waals surface area contributed by atoms with Crippen molar-refractivity contribution in [3.05, 3.63) is 52.8 Å². The molecular weight excluding hydrogens is 234 g/mol. The van der Waals surface area contributed by atoms with Crippen LogP contribution in [0.15, 0.2) is 36.5 Å². The summed E-state index contributed by atoms with van der Waals surface area (Å²) in [6.45, 7) is 0. The number of likely N-dealkylation sites (N-methyl/N-ethyl adjacent to an activating group) is 1. The molecule has 0 aliphatic rings. The van der Waals surface area contributed by atoms with Gasteiger partial charge in [-0.3, -0.25) is 4.68 Å². The molecular formula is C13H16ClN3. The van der Waals surface area contributed by atoms with E-state index in [4.69, 9.17) is 11.6 Å². The number of nitrogens with zero attached hydrogens (tertiary/aromatic N) is 2. The summed E-state index contributed by atoms with van der Waals surface area (Å²) in [5, 5.41) is 8.48. The Labute approximate surface area is 106 Å². The molecule has 1 N–H and O–H groups in total. The van der Waals surface area contributed by atoms with Gasteiger partial charge in [-0.2, -0.15) is 5.10 Å². The smallest absolute Gasteiger partial charge is 0.0797 e. The summed E-state index contributed by atoms with van der Waals surface area (Å²) >= 11 is 5.98. The zero-order valence-electron chi connectivity index (χ0n) is 10.0. The van der Waals surface area contributed by atoms with Crippen molar-refractivity contribution in [3.8, 4) is 0 Å². The maximum absolute atomic E-state index is 5.98. The lowest BCUT2D eigenvalue weighted by molar-refractivity contribution is 0.563. The fraction of sp³-hybridized carbons (Fsp3) is 0.308. The predicted octanol–water partition coefficient (Wildman–Crippen LogP) is 2.58. The van der Waals surface area contributed by atoms with Crippen molar-refractivity contribution in [2.75, 3.05) is 7.05 Å². The SMILES string of the molecule is CNC(Cc1cccc(Cl)c1)c1ccn(C)n1. The van der Waals surface area contributed by atoms with Crippen molar-refractivity contribution in [1.29, 1.82) is 0 Å². The Kier molecular flexibility index (Phi) is 3.82. The van der Waals surface area contributed by atoms with E-state index in [1.54, 1.807) is 0 Å². The van der Waals surface area contributed by atoms with E-state index in [9.17, 15) is 0 Å². The van der Waals surface area contributed by atoms with Crippen LogP contribution in [0, 0.1) is 0 Å².